The van der Waals surface area contributed by atoms with Crippen molar-refractivity contribution < 1.29 is 9.90 Å². The Morgan fingerprint density at radius 1 is 0.800 bits per heavy atom. The number of amides is 1. The Bertz CT molecular complexity index is 990. The largest absolute Gasteiger partial charge is 0.386 e. The van der Waals surface area contributed by atoms with Gasteiger partial charge in [-0.05, 0) is 29.0 Å². The third-order valence-corrected chi connectivity index (χ3v) is 6.87. The van der Waals surface area contributed by atoms with Crippen LogP contribution in [-0.2, 0) is 17.9 Å². The fourth-order valence-electron chi connectivity index (χ4n) is 4.57. The summed E-state index contributed by atoms with van der Waals surface area (Å²) in [4.78, 5) is 17.7. The van der Waals surface area contributed by atoms with Crippen LogP contribution in [0.3, 0.4) is 0 Å². The molecule has 0 aliphatic heterocycles. The molecule has 4 heteroatoms. The van der Waals surface area contributed by atoms with Gasteiger partial charge in [-0.2, -0.15) is 0 Å². The molecule has 0 radical (unpaired) electrons. The van der Waals surface area contributed by atoms with Crippen molar-refractivity contribution in [3.63, 3.8) is 0 Å². The van der Waals surface area contributed by atoms with Crippen LogP contribution in [0.25, 0.3) is 0 Å². The average Bonchev–Trinajstić information content (AvgIpc) is 2.86. The summed E-state index contributed by atoms with van der Waals surface area (Å²) < 4.78 is 0. The average molecular weight is 473 g/mol. The third kappa shape index (κ3) is 7.51. The number of rotatable bonds is 10. The van der Waals surface area contributed by atoms with Gasteiger partial charge in [0.1, 0.15) is 0 Å². The zero-order chi connectivity index (χ0) is 25.4. The summed E-state index contributed by atoms with van der Waals surface area (Å²) >= 11 is 0. The number of carbonyl (C=O) groups excluding carboxylic acids is 1. The molecule has 4 nitrogen and oxygen atoms in total. The quantitative estimate of drug-likeness (QED) is 0.389. The van der Waals surface area contributed by atoms with Crippen LogP contribution in [0.4, 0.5) is 0 Å². The summed E-state index contributed by atoms with van der Waals surface area (Å²) in [5.74, 6) is 0.0403. The van der Waals surface area contributed by atoms with Crippen LogP contribution < -0.4 is 0 Å². The lowest BCUT2D eigenvalue weighted by molar-refractivity contribution is -0.136. The molecule has 0 aliphatic carbocycles. The van der Waals surface area contributed by atoms with E-state index in [1.54, 1.807) is 11.9 Å². The zero-order valence-corrected chi connectivity index (χ0v) is 21.8. The van der Waals surface area contributed by atoms with Gasteiger partial charge in [0, 0.05) is 32.6 Å². The molecule has 0 fully saturated rings. The SMILES string of the molecule is C[C@@H]([C@@H](O)c1ccccc1)N(C)C(=O)C[C@@H](N(Cc1ccccc1)Cc1ccccc1)C(C)(C)C. The molecule has 1 N–H and O–H groups in total. The van der Waals surface area contributed by atoms with Gasteiger partial charge < -0.3 is 10.0 Å². The van der Waals surface area contributed by atoms with E-state index in [1.165, 1.54) is 11.1 Å². The smallest absolute Gasteiger partial charge is 0.224 e. The Morgan fingerprint density at radius 2 is 1.23 bits per heavy atom. The molecular weight excluding hydrogens is 432 g/mol. The summed E-state index contributed by atoms with van der Waals surface area (Å²) in [6.45, 7) is 10.0. The van der Waals surface area contributed by atoms with Crippen molar-refractivity contribution in [1.29, 1.82) is 0 Å². The number of aliphatic hydroxyl groups excluding tert-OH is 1. The van der Waals surface area contributed by atoms with E-state index in [4.69, 9.17) is 0 Å². The maximum atomic E-state index is 13.6. The Balaban J connectivity index is 1.83. The molecule has 1 amide bonds. The topological polar surface area (TPSA) is 43.8 Å². The van der Waals surface area contributed by atoms with Crippen molar-refractivity contribution in [2.75, 3.05) is 7.05 Å². The minimum atomic E-state index is -0.733. The minimum Gasteiger partial charge on any atom is -0.386 e. The van der Waals surface area contributed by atoms with Gasteiger partial charge >= 0.3 is 0 Å². The van der Waals surface area contributed by atoms with Crippen LogP contribution in [0.15, 0.2) is 91.0 Å². The minimum absolute atomic E-state index is 0.0129. The van der Waals surface area contributed by atoms with E-state index in [1.807, 2.05) is 49.4 Å². The van der Waals surface area contributed by atoms with Crippen molar-refractivity contribution in [3.8, 4) is 0 Å². The van der Waals surface area contributed by atoms with Gasteiger partial charge in [-0.15, -0.1) is 0 Å². The summed E-state index contributed by atoms with van der Waals surface area (Å²) in [5, 5.41) is 10.9. The summed E-state index contributed by atoms with van der Waals surface area (Å²) in [5.41, 5.74) is 3.15. The van der Waals surface area contributed by atoms with Crippen molar-refractivity contribution in [2.24, 2.45) is 5.41 Å². The van der Waals surface area contributed by atoms with E-state index >= 15 is 0 Å². The number of hydrogen-bond donors (Lipinski definition) is 1. The van der Waals surface area contributed by atoms with Crippen molar-refractivity contribution >= 4 is 5.91 Å². The molecule has 186 valence electrons. The number of likely N-dealkylation sites (N-methyl/N-ethyl adjacent to an activating group) is 1. The summed E-state index contributed by atoms with van der Waals surface area (Å²) in [7, 11) is 1.80. The van der Waals surface area contributed by atoms with Crippen LogP contribution in [-0.4, -0.2) is 39.9 Å². The first-order chi connectivity index (χ1) is 16.7. The number of benzene rings is 3. The highest BCUT2D eigenvalue weighted by molar-refractivity contribution is 5.77. The fraction of sp³-hybridized carbons (Fsp3) is 0.387. The van der Waals surface area contributed by atoms with Gasteiger partial charge in [-0.3, -0.25) is 9.69 Å². The van der Waals surface area contributed by atoms with E-state index < -0.39 is 6.10 Å². The second-order valence-electron chi connectivity index (χ2n) is 10.6. The number of carbonyl (C=O) groups is 1. The zero-order valence-electron chi connectivity index (χ0n) is 21.8. The van der Waals surface area contributed by atoms with Crippen LogP contribution in [0, 0.1) is 5.41 Å². The van der Waals surface area contributed by atoms with Crippen LogP contribution in [0.1, 0.15) is 56.9 Å². The van der Waals surface area contributed by atoms with Gasteiger partial charge in [0.05, 0.1) is 12.1 Å². The molecule has 0 spiro atoms. The van der Waals surface area contributed by atoms with Crippen LogP contribution in [0.2, 0.25) is 0 Å². The standard InChI is InChI=1S/C31H40N2O2/c1-24(30(35)27-19-13-8-14-20-27)32(5)29(34)21-28(31(2,3)4)33(22-25-15-9-6-10-16-25)23-26-17-11-7-12-18-26/h6-20,24,28,30,35H,21-23H2,1-5H3/t24-,28+,30+/m0/s1. The Labute approximate surface area is 211 Å². The first-order valence-corrected chi connectivity index (χ1v) is 12.5. The monoisotopic (exact) mass is 472 g/mol. The molecular formula is C31H40N2O2. The molecule has 0 aromatic heterocycles. The molecule has 0 bridgehead atoms. The van der Waals surface area contributed by atoms with E-state index in [2.05, 4.69) is 74.2 Å². The van der Waals surface area contributed by atoms with E-state index in [9.17, 15) is 9.90 Å². The second-order valence-corrected chi connectivity index (χ2v) is 10.6. The van der Waals surface area contributed by atoms with Crippen molar-refractivity contribution in [2.45, 2.75) is 65.4 Å². The lowest BCUT2D eigenvalue weighted by atomic mass is 9.82. The first-order valence-electron chi connectivity index (χ1n) is 12.5. The van der Waals surface area contributed by atoms with E-state index in [0.29, 0.717) is 6.42 Å². The van der Waals surface area contributed by atoms with Crippen LogP contribution in [0.5, 0.6) is 0 Å². The fourth-order valence-corrected chi connectivity index (χ4v) is 4.57. The molecule has 0 unspecified atom stereocenters. The van der Waals surface area contributed by atoms with E-state index in [-0.39, 0.29) is 23.4 Å². The number of nitrogens with zero attached hydrogens (tertiary/aromatic N) is 2. The van der Waals surface area contributed by atoms with Gasteiger partial charge in [-0.25, -0.2) is 0 Å². The maximum absolute atomic E-state index is 13.6. The first kappa shape index (κ1) is 26.7. The van der Waals surface area contributed by atoms with Crippen molar-refractivity contribution in [3.05, 3.63) is 108 Å². The van der Waals surface area contributed by atoms with Crippen molar-refractivity contribution in [1.82, 2.24) is 9.80 Å². The highest BCUT2D eigenvalue weighted by Gasteiger charge is 2.35. The Kier molecular flexibility index (Phi) is 9.25. The van der Waals surface area contributed by atoms with Gasteiger partial charge in [0.25, 0.3) is 0 Å². The second kappa shape index (κ2) is 12.1. The molecule has 0 heterocycles. The van der Waals surface area contributed by atoms with Gasteiger partial charge in [-0.1, -0.05) is 112 Å². The third-order valence-electron chi connectivity index (χ3n) is 6.87. The molecule has 3 aromatic carbocycles. The molecule has 3 rings (SSSR count). The highest BCUT2D eigenvalue weighted by Crippen LogP contribution is 2.31. The molecule has 0 saturated heterocycles. The van der Waals surface area contributed by atoms with Crippen LogP contribution >= 0.6 is 0 Å². The highest BCUT2D eigenvalue weighted by atomic mass is 16.3. The predicted octanol–water partition coefficient (Wildman–Crippen LogP) is 6.07. The molecule has 0 aliphatic rings. The van der Waals surface area contributed by atoms with Gasteiger partial charge in [0.15, 0.2) is 0 Å². The lowest BCUT2D eigenvalue weighted by Crippen LogP contribution is -2.48. The maximum Gasteiger partial charge on any atom is 0.224 e. The molecule has 3 atom stereocenters. The molecule has 0 saturated carbocycles. The van der Waals surface area contributed by atoms with E-state index in [0.717, 1.165) is 18.7 Å². The molecule has 3 aromatic rings. The summed E-state index contributed by atoms with van der Waals surface area (Å²) in [6.07, 6.45) is -0.353. The number of hydrogen-bond acceptors (Lipinski definition) is 3. The summed E-state index contributed by atoms with van der Waals surface area (Å²) in [6, 6.07) is 30.1. The van der Waals surface area contributed by atoms with Gasteiger partial charge in [0.2, 0.25) is 5.91 Å². The predicted molar refractivity (Wildman–Crippen MR) is 144 cm³/mol. The Morgan fingerprint density at radius 3 is 1.66 bits per heavy atom. The number of aliphatic hydroxyl groups is 1. The molecule has 35 heavy (non-hydrogen) atoms. The lowest BCUT2D eigenvalue weighted by Gasteiger charge is -2.41. The normalized spacial score (nSPS) is 14.4. The Hall–Kier alpha value is -2.95.